The molecule has 2 aromatic rings. The van der Waals surface area contributed by atoms with Crippen LogP contribution < -0.4 is 10.5 Å². The number of H-pyrrole nitrogens is 1. The maximum absolute atomic E-state index is 6.09. The molecule has 0 unspecified atom stereocenters. The lowest BCUT2D eigenvalue weighted by Gasteiger charge is -2.08. The van der Waals surface area contributed by atoms with Crippen LogP contribution in [0.5, 0.6) is 5.75 Å². The van der Waals surface area contributed by atoms with Crippen molar-refractivity contribution in [3.05, 3.63) is 41.5 Å². The maximum Gasteiger partial charge on any atom is 0.171 e. The molecule has 5 nitrogen and oxygen atoms in total. The van der Waals surface area contributed by atoms with Crippen LogP contribution in [-0.4, -0.2) is 22.3 Å². The van der Waals surface area contributed by atoms with E-state index in [1.54, 1.807) is 7.11 Å². The summed E-state index contributed by atoms with van der Waals surface area (Å²) < 4.78 is 5.10. The quantitative estimate of drug-likeness (QED) is 0.835. The molecule has 2 rings (SSSR count). The summed E-state index contributed by atoms with van der Waals surface area (Å²) >= 11 is 0. The molecule has 0 aliphatic carbocycles. The largest absolute Gasteiger partial charge is 0.497 e. The van der Waals surface area contributed by atoms with Gasteiger partial charge in [-0.3, -0.25) is 5.10 Å². The fraction of sp³-hybridized carbons (Fsp3) is 0.333. The van der Waals surface area contributed by atoms with Gasteiger partial charge in [-0.1, -0.05) is 19.1 Å². The number of hydrogen-bond donors (Lipinski definition) is 2. The van der Waals surface area contributed by atoms with Crippen LogP contribution in [-0.2, 0) is 6.42 Å². The van der Waals surface area contributed by atoms with Gasteiger partial charge in [0.2, 0.25) is 0 Å². The maximum atomic E-state index is 6.09. The second-order valence-electron chi connectivity index (χ2n) is 3.74. The average Bonchev–Trinajstić information content (AvgIpc) is 2.87. The zero-order valence-electron chi connectivity index (χ0n) is 9.97. The summed E-state index contributed by atoms with van der Waals surface area (Å²) in [5, 5.41) is 6.98. The fourth-order valence-corrected chi connectivity index (χ4v) is 1.57. The molecular formula is C12H16N4O. The number of aryl methyl sites for hydroxylation is 1. The van der Waals surface area contributed by atoms with Crippen LogP contribution in [0.2, 0.25) is 0 Å². The first-order valence-corrected chi connectivity index (χ1v) is 5.55. The van der Waals surface area contributed by atoms with Gasteiger partial charge in [-0.05, 0) is 17.7 Å². The molecule has 0 amide bonds. The van der Waals surface area contributed by atoms with Crippen molar-refractivity contribution in [2.75, 3.05) is 7.11 Å². The van der Waals surface area contributed by atoms with Crippen LogP contribution in [0.3, 0.4) is 0 Å². The lowest BCUT2D eigenvalue weighted by Crippen LogP contribution is -2.13. The molecule has 1 heterocycles. The van der Waals surface area contributed by atoms with Crippen LogP contribution in [0.4, 0.5) is 0 Å². The Morgan fingerprint density at radius 1 is 1.35 bits per heavy atom. The van der Waals surface area contributed by atoms with E-state index >= 15 is 0 Å². The standard InChI is InChI=1S/C12H16N4O/c1-3-10-14-12(16-15-10)11(13)8-4-6-9(17-2)7-5-8/h4-7,11H,3,13H2,1-2H3,(H,14,15,16)/t11-/m0/s1. The van der Waals surface area contributed by atoms with Gasteiger partial charge in [0.1, 0.15) is 11.6 Å². The van der Waals surface area contributed by atoms with Crippen molar-refractivity contribution in [2.24, 2.45) is 5.73 Å². The lowest BCUT2D eigenvalue weighted by atomic mass is 10.1. The molecule has 0 spiro atoms. The number of nitrogens with two attached hydrogens (primary N) is 1. The van der Waals surface area contributed by atoms with Crippen LogP contribution in [0.1, 0.15) is 30.2 Å². The van der Waals surface area contributed by atoms with Gasteiger partial charge in [0.15, 0.2) is 5.82 Å². The smallest absolute Gasteiger partial charge is 0.171 e. The summed E-state index contributed by atoms with van der Waals surface area (Å²) in [6.45, 7) is 2.02. The predicted molar refractivity (Wildman–Crippen MR) is 64.8 cm³/mol. The molecule has 0 bridgehead atoms. The lowest BCUT2D eigenvalue weighted by molar-refractivity contribution is 0.414. The van der Waals surface area contributed by atoms with Gasteiger partial charge in [-0.25, -0.2) is 4.98 Å². The Morgan fingerprint density at radius 2 is 2.06 bits per heavy atom. The van der Waals surface area contributed by atoms with Crippen LogP contribution in [0.25, 0.3) is 0 Å². The third-order valence-electron chi connectivity index (χ3n) is 2.64. The van der Waals surface area contributed by atoms with Crippen molar-refractivity contribution in [3.63, 3.8) is 0 Å². The Morgan fingerprint density at radius 3 is 2.59 bits per heavy atom. The van der Waals surface area contributed by atoms with E-state index < -0.39 is 0 Å². The predicted octanol–water partition coefficient (Wildman–Crippen LogP) is 1.42. The van der Waals surface area contributed by atoms with Gasteiger partial charge in [-0.15, -0.1) is 0 Å². The van der Waals surface area contributed by atoms with E-state index in [4.69, 9.17) is 10.5 Å². The molecule has 0 radical (unpaired) electrons. The highest BCUT2D eigenvalue weighted by molar-refractivity contribution is 5.31. The molecule has 1 aromatic heterocycles. The molecule has 0 saturated heterocycles. The minimum Gasteiger partial charge on any atom is -0.497 e. The van der Waals surface area contributed by atoms with Crippen molar-refractivity contribution in [3.8, 4) is 5.75 Å². The van der Waals surface area contributed by atoms with Crippen molar-refractivity contribution < 1.29 is 4.74 Å². The van der Waals surface area contributed by atoms with Gasteiger partial charge in [0, 0.05) is 6.42 Å². The second kappa shape index (κ2) is 4.97. The molecule has 90 valence electrons. The number of methoxy groups -OCH3 is 1. The molecule has 0 aliphatic heterocycles. The van der Waals surface area contributed by atoms with Crippen molar-refractivity contribution in [1.82, 2.24) is 15.2 Å². The van der Waals surface area contributed by atoms with E-state index in [1.165, 1.54) is 0 Å². The summed E-state index contributed by atoms with van der Waals surface area (Å²) in [6.07, 6.45) is 0.822. The van der Waals surface area contributed by atoms with Gasteiger partial charge < -0.3 is 10.5 Å². The first-order chi connectivity index (χ1) is 8.24. The van der Waals surface area contributed by atoms with Crippen molar-refractivity contribution in [1.29, 1.82) is 0 Å². The van der Waals surface area contributed by atoms with E-state index in [1.807, 2.05) is 31.2 Å². The number of benzene rings is 1. The van der Waals surface area contributed by atoms with Crippen LogP contribution in [0.15, 0.2) is 24.3 Å². The van der Waals surface area contributed by atoms with Gasteiger partial charge in [0.05, 0.1) is 13.2 Å². The molecular weight excluding hydrogens is 216 g/mol. The number of hydrogen-bond acceptors (Lipinski definition) is 4. The number of nitrogens with one attached hydrogen (secondary N) is 1. The molecule has 0 saturated carbocycles. The number of ether oxygens (including phenoxy) is 1. The van der Waals surface area contributed by atoms with Crippen LogP contribution >= 0.6 is 0 Å². The fourth-order valence-electron chi connectivity index (χ4n) is 1.57. The second-order valence-corrected chi connectivity index (χ2v) is 3.74. The van der Waals surface area contributed by atoms with E-state index in [0.29, 0.717) is 5.82 Å². The topological polar surface area (TPSA) is 76.8 Å². The van der Waals surface area contributed by atoms with Gasteiger partial charge in [-0.2, -0.15) is 5.10 Å². The van der Waals surface area contributed by atoms with Gasteiger partial charge >= 0.3 is 0 Å². The highest BCUT2D eigenvalue weighted by Crippen LogP contribution is 2.19. The first-order valence-electron chi connectivity index (χ1n) is 5.55. The van der Waals surface area contributed by atoms with E-state index in [0.717, 1.165) is 23.6 Å². The summed E-state index contributed by atoms with van der Waals surface area (Å²) in [7, 11) is 1.64. The van der Waals surface area contributed by atoms with Crippen LogP contribution in [0, 0.1) is 0 Å². The summed E-state index contributed by atoms with van der Waals surface area (Å²) in [4.78, 5) is 4.32. The van der Waals surface area contributed by atoms with Crippen molar-refractivity contribution >= 4 is 0 Å². The molecule has 1 atom stereocenters. The van der Waals surface area contributed by atoms with E-state index in [9.17, 15) is 0 Å². The molecule has 0 aliphatic rings. The summed E-state index contributed by atoms with van der Waals surface area (Å²) in [5.74, 6) is 2.28. The Labute approximate surface area is 100 Å². The van der Waals surface area contributed by atoms with Gasteiger partial charge in [0.25, 0.3) is 0 Å². The van der Waals surface area contributed by atoms with E-state index in [2.05, 4.69) is 15.2 Å². The third-order valence-corrected chi connectivity index (χ3v) is 2.64. The number of aromatic amines is 1. The minimum absolute atomic E-state index is 0.308. The molecule has 5 heteroatoms. The average molecular weight is 232 g/mol. The number of aromatic nitrogens is 3. The highest BCUT2D eigenvalue weighted by Gasteiger charge is 2.13. The number of rotatable bonds is 4. The SMILES string of the molecule is CCc1nc([C@@H](N)c2ccc(OC)cc2)n[nH]1. The summed E-state index contributed by atoms with van der Waals surface area (Å²) in [6, 6.07) is 7.29. The monoisotopic (exact) mass is 232 g/mol. The zero-order chi connectivity index (χ0) is 12.3. The highest BCUT2D eigenvalue weighted by atomic mass is 16.5. The third kappa shape index (κ3) is 2.45. The molecule has 0 fully saturated rings. The Hall–Kier alpha value is -1.88. The normalized spacial score (nSPS) is 12.4. The Kier molecular flexibility index (Phi) is 3.39. The Balaban J connectivity index is 2.20. The first kappa shape index (κ1) is 11.6. The van der Waals surface area contributed by atoms with Crippen molar-refractivity contribution in [2.45, 2.75) is 19.4 Å². The van der Waals surface area contributed by atoms with E-state index in [-0.39, 0.29) is 6.04 Å². The molecule has 1 aromatic carbocycles. The molecule has 3 N–H and O–H groups in total. The summed E-state index contributed by atoms with van der Waals surface area (Å²) in [5.41, 5.74) is 7.06. The minimum atomic E-state index is -0.308. The zero-order valence-corrected chi connectivity index (χ0v) is 9.97. The molecule has 17 heavy (non-hydrogen) atoms. The Bertz CT molecular complexity index is 478. The number of nitrogens with zero attached hydrogens (tertiary/aromatic N) is 2.